The Hall–Kier alpha value is -1.07. The molecule has 0 fully saturated rings. The van der Waals surface area contributed by atoms with Gasteiger partial charge in [0, 0.05) is 5.33 Å². The van der Waals surface area contributed by atoms with Gasteiger partial charge in [-0.1, -0.05) is 28.1 Å². The van der Waals surface area contributed by atoms with Crippen molar-refractivity contribution in [3.8, 4) is 5.75 Å². The number of para-hydroxylation sites is 1. The van der Waals surface area contributed by atoms with Crippen molar-refractivity contribution in [2.24, 2.45) is 0 Å². The van der Waals surface area contributed by atoms with Gasteiger partial charge in [-0.3, -0.25) is 9.63 Å². The van der Waals surface area contributed by atoms with E-state index in [9.17, 15) is 4.79 Å². The molecule has 0 bridgehead atoms. The van der Waals surface area contributed by atoms with Crippen molar-refractivity contribution in [3.05, 3.63) is 29.8 Å². The van der Waals surface area contributed by atoms with Gasteiger partial charge in [-0.05, 0) is 26.0 Å². The summed E-state index contributed by atoms with van der Waals surface area (Å²) >= 11 is 3.26. The van der Waals surface area contributed by atoms with Crippen LogP contribution in [0.5, 0.6) is 5.75 Å². The molecule has 1 aromatic carbocycles. The maximum absolute atomic E-state index is 12.2. The Morgan fingerprint density at radius 2 is 2.12 bits per heavy atom. The van der Waals surface area contributed by atoms with E-state index in [-0.39, 0.29) is 5.91 Å². The van der Waals surface area contributed by atoms with Gasteiger partial charge in [-0.25, -0.2) is 0 Å². The molecule has 0 saturated heterocycles. The lowest BCUT2D eigenvalue weighted by atomic mass is 10.1. The summed E-state index contributed by atoms with van der Waals surface area (Å²) in [5.74, 6) is 0.430. The third-order valence-corrected chi connectivity index (χ3v) is 2.77. The molecule has 5 heteroatoms. The van der Waals surface area contributed by atoms with E-state index in [0.29, 0.717) is 23.2 Å². The van der Waals surface area contributed by atoms with Crippen LogP contribution in [0.25, 0.3) is 0 Å². The molecule has 0 radical (unpaired) electrons. The second kappa shape index (κ2) is 4.66. The zero-order chi connectivity index (χ0) is 12.5. The minimum absolute atomic E-state index is 0.169. The first kappa shape index (κ1) is 12.4. The summed E-state index contributed by atoms with van der Waals surface area (Å²) in [6.07, 6.45) is 0. The Labute approximate surface area is 109 Å². The number of hydroxylamine groups is 2. The lowest BCUT2D eigenvalue weighted by Gasteiger charge is -2.41. The molecule has 0 saturated carbocycles. The predicted molar refractivity (Wildman–Crippen MR) is 67.1 cm³/mol. The summed E-state index contributed by atoms with van der Waals surface area (Å²) in [6.45, 7) is 4.02. The van der Waals surface area contributed by atoms with E-state index in [1.165, 1.54) is 5.06 Å². The van der Waals surface area contributed by atoms with Crippen LogP contribution in [-0.2, 0) is 4.84 Å². The quantitative estimate of drug-likeness (QED) is 0.805. The summed E-state index contributed by atoms with van der Waals surface area (Å²) in [6, 6.07) is 7.17. The van der Waals surface area contributed by atoms with E-state index >= 15 is 0 Å². The normalized spacial score (nSPS) is 17.6. The second-order valence-electron chi connectivity index (χ2n) is 4.17. The number of alkyl halides is 1. The molecule has 0 spiro atoms. The topological polar surface area (TPSA) is 38.8 Å². The molecule has 1 amide bonds. The van der Waals surface area contributed by atoms with Crippen LogP contribution in [0.4, 0.5) is 0 Å². The summed E-state index contributed by atoms with van der Waals surface area (Å²) in [4.78, 5) is 17.7. The third-order valence-electron chi connectivity index (χ3n) is 2.45. The van der Waals surface area contributed by atoms with Crippen LogP contribution < -0.4 is 4.74 Å². The molecule has 0 N–H and O–H groups in total. The van der Waals surface area contributed by atoms with Crippen LogP contribution in [0.2, 0.25) is 0 Å². The second-order valence-corrected chi connectivity index (χ2v) is 4.96. The number of fused-ring (bicyclic) bond motifs is 1. The molecule has 0 aromatic heterocycles. The molecule has 92 valence electrons. The maximum Gasteiger partial charge on any atom is 0.284 e. The smallest absolute Gasteiger partial charge is 0.284 e. The molecule has 0 unspecified atom stereocenters. The molecule has 17 heavy (non-hydrogen) atoms. The number of nitrogens with zero attached hydrogens (tertiary/aromatic N) is 1. The molecule has 1 aliphatic heterocycles. The molecule has 2 rings (SSSR count). The maximum atomic E-state index is 12.2. The number of hydrogen-bond donors (Lipinski definition) is 0. The lowest BCUT2D eigenvalue weighted by Crippen LogP contribution is -2.54. The van der Waals surface area contributed by atoms with Crippen molar-refractivity contribution in [1.29, 1.82) is 0 Å². The van der Waals surface area contributed by atoms with Crippen LogP contribution in [-0.4, -0.2) is 28.6 Å². The fourth-order valence-electron chi connectivity index (χ4n) is 1.74. The fraction of sp³-hybridized carbons (Fsp3) is 0.417. The summed E-state index contributed by atoms with van der Waals surface area (Å²) in [7, 11) is 0. The Kier molecular flexibility index (Phi) is 3.40. The molecular weight excluding hydrogens is 286 g/mol. The molecule has 1 aliphatic rings. The average molecular weight is 300 g/mol. The number of hydrogen-bond acceptors (Lipinski definition) is 3. The molecule has 0 atom stereocenters. The average Bonchev–Trinajstić information content (AvgIpc) is 2.28. The minimum Gasteiger partial charge on any atom is -0.465 e. The minimum atomic E-state index is -0.798. The van der Waals surface area contributed by atoms with Gasteiger partial charge in [0.15, 0.2) is 0 Å². The van der Waals surface area contributed by atoms with Gasteiger partial charge in [-0.2, -0.15) is 5.06 Å². The monoisotopic (exact) mass is 299 g/mol. The molecule has 4 nitrogen and oxygen atoms in total. The summed E-state index contributed by atoms with van der Waals surface area (Å²) in [5.41, 5.74) is -0.269. The highest BCUT2D eigenvalue weighted by Gasteiger charge is 2.40. The first-order valence-corrected chi connectivity index (χ1v) is 6.50. The van der Waals surface area contributed by atoms with Crippen molar-refractivity contribution in [3.63, 3.8) is 0 Å². The van der Waals surface area contributed by atoms with E-state index in [4.69, 9.17) is 9.57 Å². The number of carbonyl (C=O) groups excluding carboxylic acids is 1. The van der Waals surface area contributed by atoms with E-state index in [1.54, 1.807) is 32.0 Å². The molecule has 1 aromatic rings. The largest absolute Gasteiger partial charge is 0.465 e. The van der Waals surface area contributed by atoms with E-state index in [0.717, 1.165) is 0 Å². The summed E-state index contributed by atoms with van der Waals surface area (Å²) in [5, 5.41) is 1.95. The SMILES string of the molecule is CC1(C)Oc2ccccc2C(=O)N1OCCBr. The lowest BCUT2D eigenvalue weighted by molar-refractivity contribution is -0.235. The van der Waals surface area contributed by atoms with Crippen molar-refractivity contribution >= 4 is 21.8 Å². The van der Waals surface area contributed by atoms with Crippen LogP contribution in [0, 0.1) is 0 Å². The molecular formula is C12H14BrNO3. The first-order valence-electron chi connectivity index (χ1n) is 5.38. The van der Waals surface area contributed by atoms with Gasteiger partial charge in [0.1, 0.15) is 5.75 Å². The highest BCUT2D eigenvalue weighted by atomic mass is 79.9. The van der Waals surface area contributed by atoms with E-state index < -0.39 is 5.72 Å². The van der Waals surface area contributed by atoms with Crippen molar-refractivity contribution in [2.75, 3.05) is 11.9 Å². The van der Waals surface area contributed by atoms with Crippen molar-refractivity contribution < 1.29 is 14.4 Å². The Balaban J connectivity index is 2.33. The zero-order valence-corrected chi connectivity index (χ0v) is 11.4. The number of halogens is 1. The number of ether oxygens (including phenoxy) is 1. The standard InChI is InChI=1S/C12H14BrNO3/c1-12(2)14(16-8-7-13)11(15)9-5-3-4-6-10(9)17-12/h3-6H,7-8H2,1-2H3. The summed E-state index contributed by atoms with van der Waals surface area (Å²) < 4.78 is 5.76. The van der Waals surface area contributed by atoms with Crippen molar-refractivity contribution in [2.45, 2.75) is 19.6 Å². The van der Waals surface area contributed by atoms with Gasteiger partial charge < -0.3 is 4.74 Å². The van der Waals surface area contributed by atoms with Crippen LogP contribution >= 0.6 is 15.9 Å². The van der Waals surface area contributed by atoms with Gasteiger partial charge in [0.05, 0.1) is 12.2 Å². The number of rotatable bonds is 3. The van der Waals surface area contributed by atoms with Crippen molar-refractivity contribution in [1.82, 2.24) is 5.06 Å². The fourth-order valence-corrected chi connectivity index (χ4v) is 1.88. The Morgan fingerprint density at radius 1 is 1.41 bits per heavy atom. The molecule has 1 heterocycles. The third kappa shape index (κ3) is 2.30. The number of benzene rings is 1. The highest BCUT2D eigenvalue weighted by Crippen LogP contribution is 2.33. The Bertz CT molecular complexity index is 434. The number of amides is 1. The molecule has 0 aliphatic carbocycles. The number of carbonyl (C=O) groups is 1. The van der Waals surface area contributed by atoms with Gasteiger partial charge in [0.25, 0.3) is 5.91 Å². The van der Waals surface area contributed by atoms with Gasteiger partial charge >= 0.3 is 0 Å². The zero-order valence-electron chi connectivity index (χ0n) is 9.77. The van der Waals surface area contributed by atoms with Gasteiger partial charge in [0.2, 0.25) is 5.72 Å². The van der Waals surface area contributed by atoms with E-state index in [1.807, 2.05) is 6.07 Å². The van der Waals surface area contributed by atoms with Crippen LogP contribution in [0.3, 0.4) is 0 Å². The highest BCUT2D eigenvalue weighted by molar-refractivity contribution is 9.09. The Morgan fingerprint density at radius 3 is 2.82 bits per heavy atom. The van der Waals surface area contributed by atoms with E-state index in [2.05, 4.69) is 15.9 Å². The first-order chi connectivity index (χ1) is 8.06. The van der Waals surface area contributed by atoms with Crippen LogP contribution in [0.15, 0.2) is 24.3 Å². The predicted octanol–water partition coefficient (Wildman–Crippen LogP) is 2.58. The van der Waals surface area contributed by atoms with Crippen LogP contribution in [0.1, 0.15) is 24.2 Å². The van der Waals surface area contributed by atoms with Gasteiger partial charge in [-0.15, -0.1) is 0 Å².